The van der Waals surface area contributed by atoms with Gasteiger partial charge in [-0.3, -0.25) is 0 Å². The molecular formula is C17H16N2O5. The highest BCUT2D eigenvalue weighted by Gasteiger charge is 2.36. The molecule has 2 aromatic rings. The third-order valence-corrected chi connectivity index (χ3v) is 3.56. The number of hydroxylamine groups is 2. The lowest BCUT2D eigenvalue weighted by Crippen LogP contribution is -2.42. The van der Waals surface area contributed by atoms with E-state index in [0.29, 0.717) is 22.6 Å². The SMILES string of the molecule is COCC(=O)ON(C(N)=O)C1c2ccccc2Oc2ccccc21. The van der Waals surface area contributed by atoms with E-state index < -0.39 is 18.0 Å². The fraction of sp³-hybridized carbons (Fsp3) is 0.176. The quantitative estimate of drug-likeness (QED) is 0.873. The fourth-order valence-corrected chi connectivity index (χ4v) is 2.62. The van der Waals surface area contributed by atoms with E-state index in [9.17, 15) is 9.59 Å². The summed E-state index contributed by atoms with van der Waals surface area (Å²) >= 11 is 0. The van der Waals surface area contributed by atoms with Gasteiger partial charge in [-0.2, -0.15) is 0 Å². The van der Waals surface area contributed by atoms with Crippen molar-refractivity contribution >= 4 is 12.0 Å². The average Bonchev–Trinajstić information content (AvgIpc) is 2.58. The molecule has 2 N–H and O–H groups in total. The summed E-state index contributed by atoms with van der Waals surface area (Å²) in [6.07, 6.45) is 0. The van der Waals surface area contributed by atoms with Crippen molar-refractivity contribution < 1.29 is 23.9 Å². The van der Waals surface area contributed by atoms with E-state index in [1.54, 1.807) is 36.4 Å². The lowest BCUT2D eigenvalue weighted by molar-refractivity contribution is -0.186. The van der Waals surface area contributed by atoms with Crippen LogP contribution in [0.5, 0.6) is 11.5 Å². The van der Waals surface area contributed by atoms with Gasteiger partial charge in [0.2, 0.25) is 0 Å². The summed E-state index contributed by atoms with van der Waals surface area (Å²) < 4.78 is 10.6. The normalized spacial score (nSPS) is 12.5. The molecule has 1 heterocycles. The molecule has 7 nitrogen and oxygen atoms in total. The van der Waals surface area contributed by atoms with Crippen molar-refractivity contribution in [2.45, 2.75) is 6.04 Å². The summed E-state index contributed by atoms with van der Waals surface area (Å²) in [7, 11) is 1.36. The van der Waals surface area contributed by atoms with Gasteiger partial charge in [0.25, 0.3) is 0 Å². The lowest BCUT2D eigenvalue weighted by atomic mass is 9.94. The molecule has 0 fully saturated rings. The Labute approximate surface area is 138 Å². The van der Waals surface area contributed by atoms with E-state index in [1.165, 1.54) is 7.11 Å². The molecule has 0 radical (unpaired) electrons. The molecule has 0 bridgehead atoms. The van der Waals surface area contributed by atoms with Crippen molar-refractivity contribution in [1.29, 1.82) is 0 Å². The fourth-order valence-electron chi connectivity index (χ4n) is 2.62. The first-order valence-electron chi connectivity index (χ1n) is 7.26. The number of nitrogens with zero attached hydrogens (tertiary/aromatic N) is 1. The highest BCUT2D eigenvalue weighted by molar-refractivity contribution is 5.77. The maximum absolute atomic E-state index is 11.9. The van der Waals surface area contributed by atoms with E-state index in [0.717, 1.165) is 5.06 Å². The zero-order valence-electron chi connectivity index (χ0n) is 13.0. The van der Waals surface area contributed by atoms with Crippen LogP contribution in [0, 0.1) is 0 Å². The van der Waals surface area contributed by atoms with Gasteiger partial charge in [0, 0.05) is 18.2 Å². The van der Waals surface area contributed by atoms with E-state index in [-0.39, 0.29) is 6.61 Å². The van der Waals surface area contributed by atoms with Crippen molar-refractivity contribution in [2.24, 2.45) is 5.73 Å². The minimum atomic E-state index is -0.893. The topological polar surface area (TPSA) is 91.1 Å². The number of amides is 2. The molecule has 0 spiro atoms. The Hall–Kier alpha value is -3.06. The number of benzene rings is 2. The van der Waals surface area contributed by atoms with Gasteiger partial charge < -0.3 is 20.0 Å². The van der Waals surface area contributed by atoms with Crippen LogP contribution in [0.15, 0.2) is 48.5 Å². The highest BCUT2D eigenvalue weighted by Crippen LogP contribution is 2.45. The van der Waals surface area contributed by atoms with Gasteiger partial charge in [0.1, 0.15) is 24.1 Å². The Kier molecular flexibility index (Phi) is 4.35. The van der Waals surface area contributed by atoms with Crippen LogP contribution in [-0.4, -0.2) is 30.8 Å². The van der Waals surface area contributed by atoms with E-state index in [1.807, 2.05) is 12.1 Å². The zero-order chi connectivity index (χ0) is 17.1. The molecule has 124 valence electrons. The summed E-state index contributed by atoms with van der Waals surface area (Å²) in [5, 5.41) is 0.849. The number of rotatable bonds is 3. The molecule has 7 heteroatoms. The molecule has 3 rings (SSSR count). The van der Waals surface area contributed by atoms with Gasteiger partial charge in [-0.05, 0) is 12.1 Å². The number of hydrogen-bond acceptors (Lipinski definition) is 5. The van der Waals surface area contributed by atoms with Crippen LogP contribution in [-0.2, 0) is 14.4 Å². The second-order valence-electron chi connectivity index (χ2n) is 5.14. The van der Waals surface area contributed by atoms with E-state index in [4.69, 9.17) is 20.0 Å². The van der Waals surface area contributed by atoms with Crippen molar-refractivity contribution in [3.63, 3.8) is 0 Å². The van der Waals surface area contributed by atoms with E-state index in [2.05, 4.69) is 0 Å². The average molecular weight is 328 g/mol. The molecule has 0 atom stereocenters. The zero-order valence-corrected chi connectivity index (χ0v) is 13.0. The number of nitrogens with two attached hydrogens (primary N) is 1. The molecule has 2 amide bonds. The van der Waals surface area contributed by atoms with Gasteiger partial charge in [0.05, 0.1) is 0 Å². The molecule has 0 saturated heterocycles. The summed E-state index contributed by atoms with van der Waals surface area (Å²) in [5.74, 6) is 0.406. The molecule has 0 aromatic heterocycles. The second-order valence-corrected chi connectivity index (χ2v) is 5.14. The van der Waals surface area contributed by atoms with Crippen LogP contribution in [0.2, 0.25) is 0 Å². The Morgan fingerprint density at radius 2 is 1.62 bits per heavy atom. The number of hydrogen-bond donors (Lipinski definition) is 1. The second kappa shape index (κ2) is 6.59. The Morgan fingerprint density at radius 3 is 2.12 bits per heavy atom. The molecular weight excluding hydrogens is 312 g/mol. The van der Waals surface area contributed by atoms with Crippen LogP contribution in [0.1, 0.15) is 17.2 Å². The number of carbonyl (C=O) groups is 2. The maximum atomic E-state index is 11.9. The van der Waals surface area contributed by atoms with Crippen LogP contribution < -0.4 is 10.5 Å². The molecule has 1 aliphatic heterocycles. The molecule has 0 aliphatic carbocycles. The summed E-state index contributed by atoms with van der Waals surface area (Å²) in [4.78, 5) is 28.9. The Morgan fingerprint density at radius 1 is 1.08 bits per heavy atom. The molecule has 0 unspecified atom stereocenters. The summed E-state index contributed by atoms with van der Waals surface area (Å²) in [6, 6.07) is 12.8. The Bertz CT molecular complexity index is 732. The van der Waals surface area contributed by atoms with Crippen molar-refractivity contribution in [3.8, 4) is 11.5 Å². The Balaban J connectivity index is 2.07. The standard InChI is InChI=1S/C17H16N2O5/c1-22-10-15(20)24-19(17(18)21)16-11-6-2-4-8-13(11)23-14-9-5-3-7-12(14)16/h2-9,16H,10H2,1H3,(H2,18,21). The number of para-hydroxylation sites is 2. The largest absolute Gasteiger partial charge is 0.457 e. The van der Waals surface area contributed by atoms with Gasteiger partial charge in [-0.15, -0.1) is 5.06 Å². The third kappa shape index (κ3) is 2.89. The predicted octanol–water partition coefficient (Wildman–Crippen LogP) is 2.37. The monoisotopic (exact) mass is 328 g/mol. The van der Waals surface area contributed by atoms with Gasteiger partial charge in [0.15, 0.2) is 0 Å². The number of carbonyl (C=O) groups excluding carboxylic acids is 2. The third-order valence-electron chi connectivity index (χ3n) is 3.56. The first-order chi connectivity index (χ1) is 11.6. The van der Waals surface area contributed by atoms with Gasteiger partial charge >= 0.3 is 12.0 Å². The first-order valence-corrected chi connectivity index (χ1v) is 7.26. The molecule has 24 heavy (non-hydrogen) atoms. The van der Waals surface area contributed by atoms with Crippen LogP contribution in [0.3, 0.4) is 0 Å². The van der Waals surface area contributed by atoms with Crippen LogP contribution in [0.25, 0.3) is 0 Å². The smallest absolute Gasteiger partial charge is 0.358 e. The molecule has 2 aromatic carbocycles. The van der Waals surface area contributed by atoms with Crippen LogP contribution in [0.4, 0.5) is 4.79 Å². The molecule has 0 saturated carbocycles. The van der Waals surface area contributed by atoms with Crippen molar-refractivity contribution in [2.75, 3.05) is 13.7 Å². The number of primary amides is 1. The highest BCUT2D eigenvalue weighted by atomic mass is 16.7. The minimum Gasteiger partial charge on any atom is -0.457 e. The van der Waals surface area contributed by atoms with Gasteiger partial charge in [-0.25, -0.2) is 9.59 Å². The minimum absolute atomic E-state index is 0.295. The number of fused-ring (bicyclic) bond motifs is 2. The first kappa shape index (κ1) is 15.8. The van der Waals surface area contributed by atoms with Crippen LogP contribution >= 0.6 is 0 Å². The predicted molar refractivity (Wildman–Crippen MR) is 84.2 cm³/mol. The number of ether oxygens (including phenoxy) is 2. The lowest BCUT2D eigenvalue weighted by Gasteiger charge is -2.33. The van der Waals surface area contributed by atoms with Crippen molar-refractivity contribution in [1.82, 2.24) is 5.06 Å². The summed E-state index contributed by atoms with van der Waals surface area (Å²) in [6.45, 7) is -0.295. The molecule has 1 aliphatic rings. The number of methoxy groups -OCH3 is 1. The number of urea groups is 1. The maximum Gasteiger partial charge on any atom is 0.358 e. The summed E-state index contributed by atoms with van der Waals surface area (Å²) in [5.41, 5.74) is 6.79. The van der Waals surface area contributed by atoms with Crippen molar-refractivity contribution in [3.05, 3.63) is 59.7 Å². The van der Waals surface area contributed by atoms with E-state index >= 15 is 0 Å². The van der Waals surface area contributed by atoms with Gasteiger partial charge in [-0.1, -0.05) is 36.4 Å².